The molecule has 3 aromatic rings. The Labute approximate surface area is 112 Å². The molecule has 18 heavy (non-hydrogen) atoms. The number of H-pyrrole nitrogens is 1. The quantitative estimate of drug-likeness (QED) is 0.678. The monoisotopic (exact) mass is 302 g/mol. The van der Waals surface area contributed by atoms with Crippen LogP contribution in [0.25, 0.3) is 22.6 Å². The molecule has 3 N–H and O–H groups in total. The molecule has 3 rings (SSSR count). The summed E-state index contributed by atoms with van der Waals surface area (Å²) in [6.45, 7) is 1.98. The molecule has 1 aromatic carbocycles. The Bertz CT molecular complexity index is 733. The molecule has 5 heteroatoms. The van der Waals surface area contributed by atoms with Gasteiger partial charge in [0.05, 0.1) is 5.52 Å². The number of nitrogens with two attached hydrogens (primary N) is 1. The van der Waals surface area contributed by atoms with Crippen molar-refractivity contribution in [1.82, 2.24) is 15.0 Å². The number of hydrogen-bond acceptors (Lipinski definition) is 3. The number of para-hydroxylation sites is 1. The van der Waals surface area contributed by atoms with Crippen LogP contribution in [-0.2, 0) is 0 Å². The summed E-state index contributed by atoms with van der Waals surface area (Å²) in [7, 11) is 0. The Morgan fingerprint density at radius 1 is 1.33 bits per heavy atom. The first-order chi connectivity index (χ1) is 8.65. The second kappa shape index (κ2) is 4.10. The Morgan fingerprint density at radius 2 is 2.17 bits per heavy atom. The van der Waals surface area contributed by atoms with E-state index in [1.165, 1.54) is 0 Å². The number of pyridine rings is 1. The first-order valence-electron chi connectivity index (χ1n) is 5.52. The van der Waals surface area contributed by atoms with Gasteiger partial charge in [0.25, 0.3) is 0 Å². The number of imidazole rings is 1. The number of halogens is 1. The van der Waals surface area contributed by atoms with Crippen molar-refractivity contribution in [3.8, 4) is 11.4 Å². The molecule has 2 heterocycles. The fourth-order valence-electron chi connectivity index (χ4n) is 1.89. The zero-order valence-corrected chi connectivity index (χ0v) is 11.3. The van der Waals surface area contributed by atoms with Gasteiger partial charge >= 0.3 is 0 Å². The summed E-state index contributed by atoms with van der Waals surface area (Å²) in [6.07, 6.45) is 1.73. The van der Waals surface area contributed by atoms with E-state index in [1.54, 1.807) is 6.20 Å². The van der Waals surface area contributed by atoms with Gasteiger partial charge in [0, 0.05) is 21.9 Å². The molecule has 0 aliphatic carbocycles. The third-order valence-electron chi connectivity index (χ3n) is 2.88. The number of fused-ring (bicyclic) bond motifs is 1. The van der Waals surface area contributed by atoms with Gasteiger partial charge < -0.3 is 10.7 Å². The Kier molecular flexibility index (Phi) is 2.56. The summed E-state index contributed by atoms with van der Waals surface area (Å²) in [6, 6.07) is 7.85. The lowest BCUT2D eigenvalue weighted by Gasteiger charge is -2.04. The lowest BCUT2D eigenvalue weighted by Crippen LogP contribution is -1.94. The molecular weight excluding hydrogens is 292 g/mol. The van der Waals surface area contributed by atoms with E-state index in [0.717, 1.165) is 32.6 Å². The van der Waals surface area contributed by atoms with Gasteiger partial charge in [0.2, 0.25) is 0 Å². The van der Waals surface area contributed by atoms with E-state index in [9.17, 15) is 0 Å². The zero-order valence-electron chi connectivity index (χ0n) is 9.74. The molecule has 0 unspecified atom stereocenters. The minimum absolute atomic E-state index is 0.689. The van der Waals surface area contributed by atoms with Gasteiger partial charge in [0.1, 0.15) is 5.82 Å². The van der Waals surface area contributed by atoms with E-state index in [1.807, 2.05) is 31.2 Å². The molecule has 4 nitrogen and oxygen atoms in total. The van der Waals surface area contributed by atoms with Crippen molar-refractivity contribution in [1.29, 1.82) is 0 Å². The van der Waals surface area contributed by atoms with Crippen molar-refractivity contribution in [2.24, 2.45) is 0 Å². The first-order valence-corrected chi connectivity index (χ1v) is 6.31. The Balaban J connectivity index is 2.22. The highest BCUT2D eigenvalue weighted by Gasteiger charge is 2.10. The third kappa shape index (κ3) is 1.76. The molecule has 0 spiro atoms. The maximum Gasteiger partial charge on any atom is 0.178 e. The van der Waals surface area contributed by atoms with Crippen LogP contribution in [0.4, 0.5) is 5.69 Å². The topological polar surface area (TPSA) is 67.6 Å². The van der Waals surface area contributed by atoms with Crippen LogP contribution in [0.15, 0.2) is 34.9 Å². The van der Waals surface area contributed by atoms with Gasteiger partial charge in [0.15, 0.2) is 5.65 Å². The molecule has 0 bridgehead atoms. The number of nitrogens with zero attached hydrogens (tertiary/aromatic N) is 2. The fourth-order valence-corrected chi connectivity index (χ4v) is 2.22. The molecule has 0 atom stereocenters. The van der Waals surface area contributed by atoms with E-state index in [4.69, 9.17) is 5.73 Å². The number of hydrogen-bond donors (Lipinski definition) is 2. The van der Waals surface area contributed by atoms with Crippen molar-refractivity contribution in [3.63, 3.8) is 0 Å². The average Bonchev–Trinajstić information content (AvgIpc) is 2.75. The minimum Gasteiger partial charge on any atom is -0.398 e. The van der Waals surface area contributed by atoms with Crippen molar-refractivity contribution in [3.05, 3.63) is 40.5 Å². The summed E-state index contributed by atoms with van der Waals surface area (Å²) in [5.41, 5.74) is 10.4. The van der Waals surface area contributed by atoms with Gasteiger partial charge in [-0.1, -0.05) is 12.1 Å². The number of nitrogens with one attached hydrogen (secondary N) is 1. The van der Waals surface area contributed by atoms with Gasteiger partial charge in [-0.15, -0.1) is 0 Å². The van der Waals surface area contributed by atoms with Crippen LogP contribution in [0.1, 0.15) is 5.56 Å². The summed E-state index contributed by atoms with van der Waals surface area (Å²) in [5, 5.41) is 0. The highest BCUT2D eigenvalue weighted by molar-refractivity contribution is 9.10. The summed E-state index contributed by atoms with van der Waals surface area (Å²) < 4.78 is 0.919. The molecule has 0 saturated heterocycles. The largest absolute Gasteiger partial charge is 0.398 e. The molecule has 0 fully saturated rings. The number of aromatic amines is 1. The van der Waals surface area contributed by atoms with Crippen molar-refractivity contribution < 1.29 is 0 Å². The third-order valence-corrected chi connectivity index (χ3v) is 3.32. The Morgan fingerprint density at radius 3 is 3.00 bits per heavy atom. The van der Waals surface area contributed by atoms with Crippen LogP contribution in [0.5, 0.6) is 0 Å². The second-order valence-electron chi connectivity index (χ2n) is 4.15. The molecule has 0 amide bonds. The molecule has 2 aromatic heterocycles. The zero-order chi connectivity index (χ0) is 12.7. The number of rotatable bonds is 1. The lowest BCUT2D eigenvalue weighted by molar-refractivity contribution is 1.29. The van der Waals surface area contributed by atoms with E-state index in [-0.39, 0.29) is 0 Å². The maximum atomic E-state index is 6.08. The Hall–Kier alpha value is -1.88. The number of nitrogen functional groups attached to an aromatic ring is 1. The SMILES string of the molecule is Cc1cccc(-c2nc3ncc(Br)cc3[nH]2)c1N. The van der Waals surface area contributed by atoms with Gasteiger partial charge in [-0.3, -0.25) is 0 Å². The minimum atomic E-state index is 0.689. The normalized spacial score (nSPS) is 11.0. The molecule has 0 saturated carbocycles. The van der Waals surface area contributed by atoms with Crippen LogP contribution in [0.2, 0.25) is 0 Å². The molecule has 90 valence electrons. The van der Waals surface area contributed by atoms with E-state index >= 15 is 0 Å². The van der Waals surface area contributed by atoms with Crippen LogP contribution in [0, 0.1) is 6.92 Å². The number of aryl methyl sites for hydroxylation is 1. The summed E-state index contributed by atoms with van der Waals surface area (Å²) in [4.78, 5) is 11.9. The van der Waals surface area contributed by atoms with E-state index < -0.39 is 0 Å². The van der Waals surface area contributed by atoms with Crippen LogP contribution >= 0.6 is 15.9 Å². The molecular formula is C13H11BrN4. The highest BCUT2D eigenvalue weighted by atomic mass is 79.9. The van der Waals surface area contributed by atoms with Crippen LogP contribution < -0.4 is 5.73 Å². The first kappa shape index (κ1) is 11.2. The van der Waals surface area contributed by atoms with Crippen molar-refractivity contribution in [2.75, 3.05) is 5.73 Å². The maximum absolute atomic E-state index is 6.08. The lowest BCUT2D eigenvalue weighted by atomic mass is 10.1. The van der Waals surface area contributed by atoms with Crippen molar-refractivity contribution >= 4 is 32.8 Å². The number of anilines is 1. The van der Waals surface area contributed by atoms with Gasteiger partial charge in [-0.25, -0.2) is 9.97 Å². The molecule has 0 radical (unpaired) electrons. The predicted molar refractivity (Wildman–Crippen MR) is 76.2 cm³/mol. The van der Waals surface area contributed by atoms with E-state index in [2.05, 4.69) is 30.9 Å². The van der Waals surface area contributed by atoms with Gasteiger partial charge in [-0.05, 0) is 40.5 Å². The smallest absolute Gasteiger partial charge is 0.178 e. The summed E-state index contributed by atoms with van der Waals surface area (Å²) >= 11 is 3.39. The molecule has 0 aliphatic heterocycles. The standard InChI is InChI=1S/C13H11BrN4/c1-7-3-2-4-9(11(7)15)12-17-10-5-8(14)6-16-13(10)18-12/h2-6H,15H2,1H3,(H,16,17,18). The number of aromatic nitrogens is 3. The van der Waals surface area contributed by atoms with E-state index in [0.29, 0.717) is 5.65 Å². The highest BCUT2D eigenvalue weighted by Crippen LogP contribution is 2.27. The molecule has 0 aliphatic rings. The summed E-state index contributed by atoms with van der Waals surface area (Å²) in [5.74, 6) is 0.747. The average molecular weight is 303 g/mol. The fraction of sp³-hybridized carbons (Fsp3) is 0.0769. The predicted octanol–water partition coefficient (Wildman–Crippen LogP) is 3.28. The number of benzene rings is 1. The van der Waals surface area contributed by atoms with Crippen LogP contribution in [-0.4, -0.2) is 15.0 Å². The van der Waals surface area contributed by atoms with Crippen molar-refractivity contribution in [2.45, 2.75) is 6.92 Å². The second-order valence-corrected chi connectivity index (χ2v) is 5.06. The van der Waals surface area contributed by atoms with Crippen LogP contribution in [0.3, 0.4) is 0 Å². The van der Waals surface area contributed by atoms with Gasteiger partial charge in [-0.2, -0.15) is 0 Å².